The molecule has 1 unspecified atom stereocenters. The van der Waals surface area contributed by atoms with Gasteiger partial charge in [0, 0.05) is 48.1 Å². The largest absolute Gasteiger partial charge is 0.477 e. The lowest BCUT2D eigenvalue weighted by Crippen LogP contribution is -2.31. The van der Waals surface area contributed by atoms with Gasteiger partial charge in [0.2, 0.25) is 5.88 Å². The summed E-state index contributed by atoms with van der Waals surface area (Å²) in [7, 11) is 0. The van der Waals surface area contributed by atoms with Crippen LogP contribution in [-0.4, -0.2) is 49.1 Å². The summed E-state index contributed by atoms with van der Waals surface area (Å²) < 4.78 is 12.4. The smallest absolute Gasteiger partial charge is 0.264 e. The molecule has 0 bridgehead atoms. The summed E-state index contributed by atoms with van der Waals surface area (Å²) >= 11 is 7.64. The first-order chi connectivity index (χ1) is 20.2. The van der Waals surface area contributed by atoms with Crippen LogP contribution in [0, 0.1) is 30.6 Å². The summed E-state index contributed by atoms with van der Waals surface area (Å²) in [5, 5.41) is 13.7. The van der Waals surface area contributed by atoms with Gasteiger partial charge in [0.25, 0.3) is 5.91 Å². The fourth-order valence-electron chi connectivity index (χ4n) is 6.34. The van der Waals surface area contributed by atoms with Gasteiger partial charge < -0.3 is 10.1 Å². The number of amides is 1. The van der Waals surface area contributed by atoms with Crippen molar-refractivity contribution in [1.29, 1.82) is 0 Å². The molecule has 0 aromatic carbocycles. The Labute approximate surface area is 257 Å². The molecule has 226 valence electrons. The van der Waals surface area contributed by atoms with E-state index in [4.69, 9.17) is 16.3 Å². The zero-order chi connectivity index (χ0) is 29.3. The number of hydrogen-bond donors (Lipinski definition) is 2. The summed E-state index contributed by atoms with van der Waals surface area (Å²) in [5.74, 6) is 4.16. The molecule has 11 heteroatoms. The zero-order valence-electron chi connectivity index (χ0n) is 24.8. The van der Waals surface area contributed by atoms with Crippen LogP contribution in [0.1, 0.15) is 81.1 Å². The number of carbonyl (C=O) groups is 1. The first-order valence-corrected chi connectivity index (χ1v) is 16.6. The fraction of sp³-hybridized carbons (Fsp3) is 0.613. The number of hydrogen-bond acceptors (Lipinski definition) is 7. The highest BCUT2D eigenvalue weighted by molar-refractivity contribution is 7.98. The quantitative estimate of drug-likeness (QED) is 0.164. The monoisotopic (exact) mass is 611 g/mol. The van der Waals surface area contributed by atoms with E-state index in [-0.39, 0.29) is 16.6 Å². The first-order valence-electron chi connectivity index (χ1n) is 15.4. The molecule has 0 radical (unpaired) electrons. The van der Waals surface area contributed by atoms with Crippen LogP contribution >= 0.6 is 23.5 Å². The molecule has 1 aliphatic heterocycles. The molecule has 1 atom stereocenters. The Morgan fingerprint density at radius 2 is 2.00 bits per heavy atom. The lowest BCUT2D eigenvalue weighted by Gasteiger charge is -2.17. The average molecular weight is 612 g/mol. The first kappa shape index (κ1) is 29.5. The molecule has 2 N–H and O–H groups in total. The van der Waals surface area contributed by atoms with Crippen LogP contribution in [-0.2, 0) is 6.54 Å². The lowest BCUT2D eigenvalue weighted by atomic mass is 9.94. The van der Waals surface area contributed by atoms with Crippen LogP contribution in [0.15, 0.2) is 35.6 Å². The highest BCUT2D eigenvalue weighted by Gasteiger charge is 2.41. The maximum absolute atomic E-state index is 12.9. The van der Waals surface area contributed by atoms with E-state index in [1.165, 1.54) is 50.5 Å². The molecule has 4 heterocycles. The summed E-state index contributed by atoms with van der Waals surface area (Å²) in [4.78, 5) is 17.3. The molecule has 1 amide bonds. The van der Waals surface area contributed by atoms with Crippen molar-refractivity contribution in [3.8, 4) is 11.7 Å². The molecule has 3 aliphatic rings. The minimum absolute atomic E-state index is 0.118. The molecule has 42 heavy (non-hydrogen) atoms. The Morgan fingerprint density at radius 1 is 1.21 bits per heavy atom. The van der Waals surface area contributed by atoms with Crippen molar-refractivity contribution in [2.75, 3.05) is 13.2 Å². The molecule has 3 aromatic rings. The second-order valence-electron chi connectivity index (χ2n) is 13.0. The summed E-state index contributed by atoms with van der Waals surface area (Å²) in [6.07, 6.45) is 14.0. The number of rotatable bonds is 14. The van der Waals surface area contributed by atoms with E-state index < -0.39 is 0 Å². The number of carbonyl (C=O) groups excluding carboxylic acids is 1. The van der Waals surface area contributed by atoms with Crippen LogP contribution in [0.4, 0.5) is 0 Å². The molecule has 6 rings (SSSR count). The van der Waals surface area contributed by atoms with E-state index in [9.17, 15) is 4.79 Å². The van der Waals surface area contributed by atoms with E-state index in [2.05, 4.69) is 39.1 Å². The maximum atomic E-state index is 12.9. The van der Waals surface area contributed by atoms with Gasteiger partial charge in [-0.1, -0.05) is 11.6 Å². The number of aromatic nitrogens is 5. The number of ether oxygens (including phenoxy) is 1. The van der Waals surface area contributed by atoms with Gasteiger partial charge in [0.15, 0.2) is 5.82 Å². The fourth-order valence-corrected chi connectivity index (χ4v) is 7.23. The molecule has 2 saturated carbocycles. The SMILES string of the molecule is Cc1cn(CCCC2CNC(C)(C)C2)nc1SNC(=O)c1ccc(-n2ccc(OCCC(C3CC3)C3CC3)n2)nc1Cl. The molecule has 3 aromatic heterocycles. The van der Waals surface area contributed by atoms with Crippen molar-refractivity contribution in [1.82, 2.24) is 34.6 Å². The van der Waals surface area contributed by atoms with E-state index in [1.807, 2.05) is 23.9 Å². The molecule has 0 spiro atoms. The van der Waals surface area contributed by atoms with Crippen LogP contribution in [0.3, 0.4) is 0 Å². The molecule has 3 fully saturated rings. The van der Waals surface area contributed by atoms with Crippen LogP contribution in [0.25, 0.3) is 5.82 Å². The third kappa shape index (κ3) is 7.50. The van der Waals surface area contributed by atoms with Crippen molar-refractivity contribution < 1.29 is 9.53 Å². The minimum atomic E-state index is -0.320. The maximum Gasteiger partial charge on any atom is 0.264 e. The Kier molecular flexibility index (Phi) is 8.84. The summed E-state index contributed by atoms with van der Waals surface area (Å²) in [6.45, 7) is 9.19. The second kappa shape index (κ2) is 12.6. The second-order valence-corrected chi connectivity index (χ2v) is 14.1. The van der Waals surface area contributed by atoms with Crippen molar-refractivity contribution >= 4 is 29.5 Å². The Bertz CT molecular complexity index is 1390. The standard InChI is InChI=1S/C31H42ClN7O2S/c1-20-19-38(14-4-5-21-17-31(2,3)33-18-21)36-30(20)42-37-29(40)25-10-11-26(34-28(25)32)39-15-12-27(35-39)41-16-13-24(22-6-7-22)23-8-9-23/h10-12,15,19,21-24,33H,4-9,13-14,16-18H2,1-3H3,(H,37,40). The van der Waals surface area contributed by atoms with Gasteiger partial charge >= 0.3 is 0 Å². The Morgan fingerprint density at radius 3 is 2.69 bits per heavy atom. The predicted molar refractivity (Wildman–Crippen MR) is 165 cm³/mol. The Hall–Kier alpha value is -2.56. The van der Waals surface area contributed by atoms with Gasteiger partial charge in [-0.3, -0.25) is 14.2 Å². The average Bonchev–Trinajstić information content (AvgIpc) is 3.87. The zero-order valence-corrected chi connectivity index (χ0v) is 26.4. The van der Waals surface area contributed by atoms with Crippen molar-refractivity contribution in [3.05, 3.63) is 46.9 Å². The number of nitrogens with one attached hydrogen (secondary N) is 2. The highest BCUT2D eigenvalue weighted by atomic mass is 35.5. The molecular formula is C31H42ClN7O2S. The molecule has 9 nitrogen and oxygen atoms in total. The molecule has 1 saturated heterocycles. The van der Waals surface area contributed by atoms with Gasteiger partial charge in [-0.15, -0.1) is 5.10 Å². The van der Waals surface area contributed by atoms with Crippen LogP contribution < -0.4 is 14.8 Å². The molecular weight excluding hydrogens is 570 g/mol. The number of aryl methyl sites for hydroxylation is 2. The van der Waals surface area contributed by atoms with E-state index in [0.717, 1.165) is 60.2 Å². The van der Waals surface area contributed by atoms with E-state index in [0.29, 0.717) is 23.9 Å². The summed E-state index contributed by atoms with van der Waals surface area (Å²) in [5.41, 5.74) is 1.57. The van der Waals surface area contributed by atoms with Gasteiger partial charge in [-0.2, -0.15) is 5.10 Å². The minimum Gasteiger partial charge on any atom is -0.477 e. The Balaban J connectivity index is 0.971. The van der Waals surface area contributed by atoms with Gasteiger partial charge in [-0.25, -0.2) is 9.67 Å². The predicted octanol–water partition coefficient (Wildman–Crippen LogP) is 6.24. The van der Waals surface area contributed by atoms with Crippen molar-refractivity contribution in [2.24, 2.45) is 23.7 Å². The van der Waals surface area contributed by atoms with Gasteiger partial charge in [-0.05, 0) is 114 Å². The lowest BCUT2D eigenvalue weighted by molar-refractivity contribution is 0.0984. The van der Waals surface area contributed by atoms with Gasteiger partial charge in [0.1, 0.15) is 10.2 Å². The number of nitrogens with zero attached hydrogens (tertiary/aromatic N) is 5. The highest BCUT2D eigenvalue weighted by Crippen LogP contribution is 2.50. The number of halogens is 1. The van der Waals surface area contributed by atoms with Gasteiger partial charge in [0.05, 0.1) is 12.2 Å². The summed E-state index contributed by atoms with van der Waals surface area (Å²) in [6, 6.07) is 5.24. The normalized spacial score (nSPS) is 19.9. The number of pyridine rings is 1. The van der Waals surface area contributed by atoms with E-state index >= 15 is 0 Å². The van der Waals surface area contributed by atoms with Crippen molar-refractivity contribution in [2.45, 2.75) is 89.2 Å². The third-order valence-corrected chi connectivity index (χ3v) is 10.0. The third-order valence-electron chi connectivity index (χ3n) is 8.84. The van der Waals surface area contributed by atoms with Crippen LogP contribution in [0.2, 0.25) is 5.15 Å². The van der Waals surface area contributed by atoms with Crippen molar-refractivity contribution in [3.63, 3.8) is 0 Å². The topological polar surface area (TPSA) is 98.9 Å². The molecule has 2 aliphatic carbocycles. The van der Waals surface area contributed by atoms with Crippen LogP contribution in [0.5, 0.6) is 5.88 Å². The van der Waals surface area contributed by atoms with E-state index in [1.54, 1.807) is 23.0 Å².